The van der Waals surface area contributed by atoms with E-state index in [2.05, 4.69) is 35.8 Å². The number of fused-ring (bicyclic) bond motifs is 1. The SMILES string of the molecule is COc1ccc(CN2CCN(c3ncnc4c3ncn4C)CC2)cn1. The molecule has 0 bridgehead atoms. The van der Waals surface area contributed by atoms with Crippen molar-refractivity contribution in [1.29, 1.82) is 0 Å². The van der Waals surface area contributed by atoms with Crippen LogP contribution in [0.5, 0.6) is 5.88 Å². The van der Waals surface area contributed by atoms with Crippen LogP contribution in [0.25, 0.3) is 11.2 Å². The van der Waals surface area contributed by atoms with Gasteiger partial charge in [-0.2, -0.15) is 0 Å². The standard InChI is InChI=1S/C17H21N7O/c1-22-12-21-15-16(22)19-11-20-17(15)24-7-5-23(6-8-24)10-13-3-4-14(25-2)18-9-13/h3-4,9,11-12H,5-8,10H2,1-2H3. The van der Waals surface area contributed by atoms with Gasteiger partial charge < -0.3 is 14.2 Å². The summed E-state index contributed by atoms with van der Waals surface area (Å²) in [7, 11) is 3.58. The van der Waals surface area contributed by atoms with E-state index in [-0.39, 0.29) is 0 Å². The van der Waals surface area contributed by atoms with Gasteiger partial charge >= 0.3 is 0 Å². The van der Waals surface area contributed by atoms with Gasteiger partial charge in [0.2, 0.25) is 5.88 Å². The molecule has 3 aromatic rings. The molecule has 1 saturated heterocycles. The van der Waals surface area contributed by atoms with Gasteiger partial charge in [0, 0.05) is 52.0 Å². The van der Waals surface area contributed by atoms with E-state index >= 15 is 0 Å². The lowest BCUT2D eigenvalue weighted by Gasteiger charge is -2.35. The molecule has 1 aliphatic heterocycles. The van der Waals surface area contributed by atoms with Crippen LogP contribution in [0.1, 0.15) is 5.56 Å². The molecule has 1 fully saturated rings. The van der Waals surface area contributed by atoms with Crippen molar-refractivity contribution in [2.24, 2.45) is 7.05 Å². The van der Waals surface area contributed by atoms with Crippen molar-refractivity contribution in [2.45, 2.75) is 6.54 Å². The molecule has 0 spiro atoms. The van der Waals surface area contributed by atoms with Gasteiger partial charge in [-0.3, -0.25) is 4.90 Å². The minimum Gasteiger partial charge on any atom is -0.481 e. The second kappa shape index (κ2) is 6.64. The van der Waals surface area contributed by atoms with Crippen molar-refractivity contribution in [2.75, 3.05) is 38.2 Å². The number of hydrogen-bond acceptors (Lipinski definition) is 7. The number of ether oxygens (including phenoxy) is 1. The van der Waals surface area contributed by atoms with E-state index in [1.165, 1.54) is 5.56 Å². The Bertz CT molecular complexity index is 853. The number of aryl methyl sites for hydroxylation is 1. The molecule has 3 aromatic heterocycles. The highest BCUT2D eigenvalue weighted by molar-refractivity contribution is 5.83. The maximum Gasteiger partial charge on any atom is 0.212 e. The molecule has 0 radical (unpaired) electrons. The van der Waals surface area contributed by atoms with Gasteiger partial charge in [-0.05, 0) is 5.56 Å². The molecule has 8 nitrogen and oxygen atoms in total. The maximum absolute atomic E-state index is 5.11. The Kier molecular flexibility index (Phi) is 4.19. The van der Waals surface area contributed by atoms with Gasteiger partial charge in [0.15, 0.2) is 17.0 Å². The summed E-state index contributed by atoms with van der Waals surface area (Å²) >= 11 is 0. The zero-order chi connectivity index (χ0) is 17.2. The van der Waals surface area contributed by atoms with Crippen LogP contribution in [-0.4, -0.2) is 62.7 Å². The minimum absolute atomic E-state index is 0.650. The second-order valence-electron chi connectivity index (χ2n) is 6.20. The molecular formula is C17H21N7O. The zero-order valence-corrected chi connectivity index (χ0v) is 14.5. The molecule has 25 heavy (non-hydrogen) atoms. The van der Waals surface area contributed by atoms with Crippen LogP contribution in [0.2, 0.25) is 0 Å². The van der Waals surface area contributed by atoms with Crippen LogP contribution >= 0.6 is 0 Å². The summed E-state index contributed by atoms with van der Waals surface area (Å²) in [6.07, 6.45) is 5.29. The lowest BCUT2D eigenvalue weighted by molar-refractivity contribution is 0.249. The van der Waals surface area contributed by atoms with Gasteiger partial charge in [-0.1, -0.05) is 6.07 Å². The number of nitrogens with zero attached hydrogens (tertiary/aromatic N) is 7. The molecular weight excluding hydrogens is 318 g/mol. The van der Waals surface area contributed by atoms with E-state index in [0.29, 0.717) is 5.88 Å². The maximum atomic E-state index is 5.11. The Morgan fingerprint density at radius 2 is 1.88 bits per heavy atom. The molecule has 0 saturated carbocycles. The van der Waals surface area contributed by atoms with Crippen LogP contribution in [0.4, 0.5) is 5.82 Å². The molecule has 0 atom stereocenters. The minimum atomic E-state index is 0.650. The highest BCUT2D eigenvalue weighted by atomic mass is 16.5. The number of rotatable bonds is 4. The number of piperazine rings is 1. The molecule has 4 rings (SSSR count). The van der Waals surface area contributed by atoms with Crippen molar-refractivity contribution in [1.82, 2.24) is 29.4 Å². The van der Waals surface area contributed by atoms with Gasteiger partial charge in [0.1, 0.15) is 6.33 Å². The van der Waals surface area contributed by atoms with Gasteiger partial charge in [-0.25, -0.2) is 19.9 Å². The van der Waals surface area contributed by atoms with Crippen LogP contribution in [0, 0.1) is 0 Å². The quantitative estimate of drug-likeness (QED) is 0.704. The van der Waals surface area contributed by atoms with Crippen LogP contribution in [-0.2, 0) is 13.6 Å². The fourth-order valence-corrected chi connectivity index (χ4v) is 3.17. The van der Waals surface area contributed by atoms with Gasteiger partial charge in [-0.15, -0.1) is 0 Å². The Balaban J connectivity index is 1.42. The summed E-state index contributed by atoms with van der Waals surface area (Å²) in [5.41, 5.74) is 2.94. The highest BCUT2D eigenvalue weighted by Gasteiger charge is 2.21. The van der Waals surface area contributed by atoms with E-state index in [9.17, 15) is 0 Å². The summed E-state index contributed by atoms with van der Waals surface area (Å²) < 4.78 is 7.03. The largest absolute Gasteiger partial charge is 0.481 e. The summed E-state index contributed by atoms with van der Waals surface area (Å²) in [6, 6.07) is 3.98. The third-order valence-corrected chi connectivity index (χ3v) is 4.56. The summed E-state index contributed by atoms with van der Waals surface area (Å²) in [5.74, 6) is 1.58. The monoisotopic (exact) mass is 339 g/mol. The van der Waals surface area contributed by atoms with Crippen molar-refractivity contribution in [3.8, 4) is 5.88 Å². The van der Waals surface area contributed by atoms with E-state index < -0.39 is 0 Å². The highest BCUT2D eigenvalue weighted by Crippen LogP contribution is 2.22. The van der Waals surface area contributed by atoms with E-state index in [0.717, 1.165) is 49.7 Å². The molecule has 0 N–H and O–H groups in total. The van der Waals surface area contributed by atoms with E-state index in [1.54, 1.807) is 19.8 Å². The molecule has 1 aliphatic rings. The smallest absolute Gasteiger partial charge is 0.212 e. The Morgan fingerprint density at radius 3 is 2.60 bits per heavy atom. The van der Waals surface area contributed by atoms with Crippen molar-refractivity contribution in [3.63, 3.8) is 0 Å². The first-order valence-corrected chi connectivity index (χ1v) is 8.33. The Hall–Kier alpha value is -2.74. The van der Waals surface area contributed by atoms with Crippen molar-refractivity contribution in [3.05, 3.63) is 36.5 Å². The molecule has 8 heteroatoms. The average molecular weight is 339 g/mol. The molecule has 0 amide bonds. The number of imidazole rings is 1. The predicted molar refractivity (Wildman–Crippen MR) is 94.6 cm³/mol. The molecule has 130 valence electrons. The van der Waals surface area contributed by atoms with E-state index in [1.807, 2.05) is 23.9 Å². The van der Waals surface area contributed by atoms with Crippen molar-refractivity contribution >= 4 is 17.0 Å². The first kappa shape index (κ1) is 15.8. The summed E-state index contributed by atoms with van der Waals surface area (Å²) in [6.45, 7) is 4.70. The Morgan fingerprint density at radius 1 is 1.04 bits per heavy atom. The number of hydrogen-bond donors (Lipinski definition) is 0. The third kappa shape index (κ3) is 3.12. The average Bonchev–Trinajstić information content (AvgIpc) is 3.04. The molecule has 0 aromatic carbocycles. The summed E-state index contributed by atoms with van der Waals surface area (Å²) in [4.78, 5) is 22.2. The van der Waals surface area contributed by atoms with Crippen molar-refractivity contribution < 1.29 is 4.74 Å². The second-order valence-corrected chi connectivity index (χ2v) is 6.20. The lowest BCUT2D eigenvalue weighted by Crippen LogP contribution is -2.46. The fraction of sp³-hybridized carbons (Fsp3) is 0.412. The van der Waals surface area contributed by atoms with Gasteiger partial charge in [0.25, 0.3) is 0 Å². The number of pyridine rings is 1. The lowest BCUT2D eigenvalue weighted by atomic mass is 10.2. The molecule has 0 unspecified atom stereocenters. The number of aromatic nitrogens is 5. The topological polar surface area (TPSA) is 72.2 Å². The summed E-state index contributed by atoms with van der Waals surface area (Å²) in [5, 5.41) is 0. The van der Waals surface area contributed by atoms with Crippen LogP contribution in [0.15, 0.2) is 31.0 Å². The predicted octanol–water partition coefficient (Wildman–Crippen LogP) is 1.09. The fourth-order valence-electron chi connectivity index (χ4n) is 3.17. The first-order valence-electron chi connectivity index (χ1n) is 8.33. The molecule has 0 aliphatic carbocycles. The zero-order valence-electron chi connectivity index (χ0n) is 14.5. The normalized spacial score (nSPS) is 15.7. The van der Waals surface area contributed by atoms with Gasteiger partial charge in [0.05, 0.1) is 13.4 Å². The number of methoxy groups -OCH3 is 1. The first-order chi connectivity index (χ1) is 12.2. The Labute approximate surface area is 146 Å². The molecule has 4 heterocycles. The van der Waals surface area contributed by atoms with Crippen LogP contribution in [0.3, 0.4) is 0 Å². The third-order valence-electron chi connectivity index (χ3n) is 4.56. The van der Waals surface area contributed by atoms with Crippen LogP contribution < -0.4 is 9.64 Å². The van der Waals surface area contributed by atoms with E-state index in [4.69, 9.17) is 4.74 Å². The number of anilines is 1.